The van der Waals surface area contributed by atoms with Crippen LogP contribution in [0.25, 0.3) is 0 Å². The Morgan fingerprint density at radius 2 is 1.88 bits per heavy atom. The fraction of sp³-hybridized carbons (Fsp3) is 0.818. The molecule has 0 saturated heterocycles. The first-order chi connectivity index (χ1) is 7.26. The van der Waals surface area contributed by atoms with E-state index >= 15 is 0 Å². The number of carboxylic acid groups (broad SMARTS) is 1. The predicted molar refractivity (Wildman–Crippen MR) is 61.5 cm³/mol. The number of carbonyl (C=O) groups excluding carboxylic acids is 1. The molecule has 2 unspecified atom stereocenters. The zero-order valence-corrected chi connectivity index (χ0v) is 10.9. The number of carboxylic acids is 1. The minimum absolute atomic E-state index is 0.311. The lowest BCUT2D eigenvalue weighted by Crippen LogP contribution is -2.47. The monoisotopic (exact) mass is 250 g/mol. The van der Waals surface area contributed by atoms with Crippen LogP contribution in [0.1, 0.15) is 40.5 Å². The van der Waals surface area contributed by atoms with Gasteiger partial charge in [-0.2, -0.15) is 0 Å². The standard InChI is InChI=1S/C11H19ClO4/c1-5-6-8(4)16-10(15)11(12,7(2)3)9(13)14/h7-8H,5-6H2,1-4H3,(H,13,14). The van der Waals surface area contributed by atoms with Crippen LogP contribution in [0.15, 0.2) is 0 Å². The van der Waals surface area contributed by atoms with Crippen molar-refractivity contribution >= 4 is 23.5 Å². The Hall–Kier alpha value is -0.770. The maximum Gasteiger partial charge on any atom is 0.339 e. The molecule has 0 radical (unpaired) electrons. The van der Waals surface area contributed by atoms with Gasteiger partial charge in [0, 0.05) is 0 Å². The molecule has 0 aliphatic rings. The third-order valence-electron chi connectivity index (χ3n) is 2.41. The average molecular weight is 251 g/mol. The highest BCUT2D eigenvalue weighted by Crippen LogP contribution is 2.28. The van der Waals surface area contributed by atoms with Gasteiger partial charge < -0.3 is 9.84 Å². The van der Waals surface area contributed by atoms with Crippen molar-refractivity contribution < 1.29 is 19.4 Å². The number of hydrogen-bond acceptors (Lipinski definition) is 3. The van der Waals surface area contributed by atoms with Crippen molar-refractivity contribution in [3.8, 4) is 0 Å². The molecule has 0 fully saturated rings. The Morgan fingerprint density at radius 3 is 2.19 bits per heavy atom. The summed E-state index contributed by atoms with van der Waals surface area (Å²) in [6.45, 7) is 6.83. The van der Waals surface area contributed by atoms with Gasteiger partial charge in [-0.1, -0.05) is 38.8 Å². The highest BCUT2D eigenvalue weighted by atomic mass is 35.5. The number of aliphatic carboxylic acids is 1. The minimum Gasteiger partial charge on any atom is -0.479 e. The third kappa shape index (κ3) is 3.37. The summed E-state index contributed by atoms with van der Waals surface area (Å²) in [5, 5.41) is 8.98. The maximum absolute atomic E-state index is 11.7. The SMILES string of the molecule is CCCC(C)OC(=O)C(Cl)(C(=O)O)C(C)C. The van der Waals surface area contributed by atoms with E-state index in [1.807, 2.05) is 6.92 Å². The molecule has 1 N–H and O–H groups in total. The van der Waals surface area contributed by atoms with E-state index in [2.05, 4.69) is 0 Å². The zero-order chi connectivity index (χ0) is 12.9. The van der Waals surface area contributed by atoms with E-state index < -0.39 is 22.7 Å². The lowest BCUT2D eigenvalue weighted by Gasteiger charge is -2.26. The third-order valence-corrected chi connectivity index (χ3v) is 3.16. The Morgan fingerprint density at radius 1 is 1.38 bits per heavy atom. The van der Waals surface area contributed by atoms with Crippen molar-refractivity contribution in [2.75, 3.05) is 0 Å². The molecule has 0 aromatic heterocycles. The van der Waals surface area contributed by atoms with Crippen molar-refractivity contribution in [2.24, 2.45) is 5.92 Å². The summed E-state index contributed by atoms with van der Waals surface area (Å²) in [4.78, 5) is 20.7. The van der Waals surface area contributed by atoms with Gasteiger partial charge in [0.15, 0.2) is 0 Å². The van der Waals surface area contributed by atoms with Crippen LogP contribution >= 0.6 is 11.6 Å². The molecule has 0 bridgehead atoms. The van der Waals surface area contributed by atoms with Gasteiger partial charge in [0.1, 0.15) is 0 Å². The second-order valence-corrected chi connectivity index (χ2v) is 4.77. The van der Waals surface area contributed by atoms with Gasteiger partial charge in [-0.3, -0.25) is 0 Å². The summed E-state index contributed by atoms with van der Waals surface area (Å²) < 4.78 is 5.03. The summed E-state index contributed by atoms with van der Waals surface area (Å²) in [7, 11) is 0. The molecule has 0 aliphatic carbocycles. The second kappa shape index (κ2) is 6.09. The summed E-state index contributed by atoms with van der Waals surface area (Å²) in [6.07, 6.45) is 1.24. The molecule has 0 aromatic rings. The fourth-order valence-corrected chi connectivity index (χ4v) is 1.35. The second-order valence-electron chi connectivity index (χ2n) is 4.18. The van der Waals surface area contributed by atoms with Crippen molar-refractivity contribution in [1.82, 2.24) is 0 Å². The molecule has 0 spiro atoms. The van der Waals surface area contributed by atoms with E-state index in [0.29, 0.717) is 6.42 Å². The summed E-state index contributed by atoms with van der Waals surface area (Å²) in [5.41, 5.74) is 0. The van der Waals surface area contributed by atoms with Crippen LogP contribution in [-0.4, -0.2) is 28.0 Å². The van der Waals surface area contributed by atoms with E-state index in [0.717, 1.165) is 6.42 Å². The fourth-order valence-electron chi connectivity index (χ4n) is 1.30. The van der Waals surface area contributed by atoms with Gasteiger partial charge in [-0.15, -0.1) is 0 Å². The van der Waals surface area contributed by atoms with Gasteiger partial charge in [-0.25, -0.2) is 9.59 Å². The normalized spacial score (nSPS) is 16.6. The Bertz CT molecular complexity index is 265. The Balaban J connectivity index is 4.71. The smallest absolute Gasteiger partial charge is 0.339 e. The van der Waals surface area contributed by atoms with Gasteiger partial charge >= 0.3 is 11.9 Å². The average Bonchev–Trinajstić information content (AvgIpc) is 2.15. The molecule has 16 heavy (non-hydrogen) atoms. The van der Waals surface area contributed by atoms with E-state index in [1.165, 1.54) is 0 Å². The van der Waals surface area contributed by atoms with Gasteiger partial charge in [0.05, 0.1) is 6.10 Å². The molecule has 0 heterocycles. The molecule has 94 valence electrons. The van der Waals surface area contributed by atoms with E-state index in [-0.39, 0.29) is 6.10 Å². The van der Waals surface area contributed by atoms with Gasteiger partial charge in [-0.05, 0) is 19.3 Å². The highest BCUT2D eigenvalue weighted by molar-refractivity contribution is 6.44. The molecular formula is C11H19ClO4. The Kier molecular flexibility index (Phi) is 5.79. The first-order valence-electron chi connectivity index (χ1n) is 5.40. The molecule has 0 saturated carbocycles. The van der Waals surface area contributed by atoms with Crippen LogP contribution in [0, 0.1) is 5.92 Å². The van der Waals surface area contributed by atoms with Crippen molar-refractivity contribution in [1.29, 1.82) is 0 Å². The number of esters is 1. The van der Waals surface area contributed by atoms with Gasteiger partial charge in [0.2, 0.25) is 4.87 Å². The van der Waals surface area contributed by atoms with Crippen LogP contribution in [0.4, 0.5) is 0 Å². The molecule has 4 nitrogen and oxygen atoms in total. The molecule has 0 aliphatic heterocycles. The van der Waals surface area contributed by atoms with Crippen LogP contribution in [-0.2, 0) is 14.3 Å². The minimum atomic E-state index is -1.98. The van der Waals surface area contributed by atoms with Crippen LogP contribution in [0.2, 0.25) is 0 Å². The predicted octanol–water partition coefficient (Wildman–Crippen LogP) is 2.44. The first kappa shape index (κ1) is 15.2. The van der Waals surface area contributed by atoms with Crippen LogP contribution in [0.5, 0.6) is 0 Å². The quantitative estimate of drug-likeness (QED) is 0.447. The lowest BCUT2D eigenvalue weighted by atomic mass is 9.95. The number of alkyl halides is 1. The highest BCUT2D eigenvalue weighted by Gasteiger charge is 2.49. The molecule has 5 heteroatoms. The Labute approximate surface area is 101 Å². The zero-order valence-electron chi connectivity index (χ0n) is 10.1. The van der Waals surface area contributed by atoms with Crippen LogP contribution < -0.4 is 0 Å². The number of carbonyl (C=O) groups is 2. The maximum atomic E-state index is 11.7. The molecule has 2 atom stereocenters. The lowest BCUT2D eigenvalue weighted by molar-refractivity contribution is -0.161. The van der Waals surface area contributed by atoms with Crippen LogP contribution in [0.3, 0.4) is 0 Å². The topological polar surface area (TPSA) is 63.6 Å². The summed E-state index contributed by atoms with van der Waals surface area (Å²) >= 11 is 5.83. The number of rotatable bonds is 6. The first-order valence-corrected chi connectivity index (χ1v) is 5.77. The number of halogens is 1. The van der Waals surface area contributed by atoms with Crippen molar-refractivity contribution in [3.05, 3.63) is 0 Å². The largest absolute Gasteiger partial charge is 0.479 e. The van der Waals surface area contributed by atoms with Gasteiger partial charge in [0.25, 0.3) is 0 Å². The molecule has 0 amide bonds. The number of ether oxygens (including phenoxy) is 1. The molecule has 0 rings (SSSR count). The number of hydrogen-bond donors (Lipinski definition) is 1. The van der Waals surface area contributed by atoms with E-state index in [9.17, 15) is 9.59 Å². The molecular weight excluding hydrogens is 232 g/mol. The van der Waals surface area contributed by atoms with E-state index in [4.69, 9.17) is 21.4 Å². The summed E-state index contributed by atoms with van der Waals surface area (Å²) in [6, 6.07) is 0. The van der Waals surface area contributed by atoms with E-state index in [1.54, 1.807) is 20.8 Å². The molecule has 0 aromatic carbocycles. The van der Waals surface area contributed by atoms with Crippen molar-refractivity contribution in [2.45, 2.75) is 51.5 Å². The summed E-state index contributed by atoms with van der Waals surface area (Å²) in [5.74, 6) is -2.77. The van der Waals surface area contributed by atoms with Crippen molar-refractivity contribution in [3.63, 3.8) is 0 Å².